The van der Waals surface area contributed by atoms with Gasteiger partial charge < -0.3 is 10.6 Å². The molecule has 3 heterocycles. The zero-order valence-corrected chi connectivity index (χ0v) is 16.0. The molecule has 4 rings (SSSR count). The summed E-state index contributed by atoms with van der Waals surface area (Å²) in [7, 11) is 0. The van der Waals surface area contributed by atoms with Gasteiger partial charge in [0.25, 0.3) is 5.91 Å². The fourth-order valence-corrected chi connectivity index (χ4v) is 3.70. The van der Waals surface area contributed by atoms with Crippen molar-refractivity contribution in [3.8, 4) is 16.4 Å². The van der Waals surface area contributed by atoms with Crippen molar-refractivity contribution in [2.24, 2.45) is 5.73 Å². The molecule has 1 aromatic carbocycles. The van der Waals surface area contributed by atoms with Crippen molar-refractivity contribution in [1.29, 1.82) is 0 Å². The van der Waals surface area contributed by atoms with Crippen LogP contribution in [0, 0.1) is 5.82 Å². The second-order valence-electron chi connectivity index (χ2n) is 6.26. The van der Waals surface area contributed by atoms with E-state index in [1.807, 2.05) is 17.5 Å². The third-order valence-electron chi connectivity index (χ3n) is 4.42. The summed E-state index contributed by atoms with van der Waals surface area (Å²) in [6.45, 7) is 1.20. The van der Waals surface area contributed by atoms with Crippen LogP contribution in [0.1, 0.15) is 23.5 Å². The van der Waals surface area contributed by atoms with Crippen LogP contribution in [-0.4, -0.2) is 44.7 Å². The third kappa shape index (κ3) is 4.02. The minimum atomic E-state index is -0.368. The van der Waals surface area contributed by atoms with Crippen LogP contribution in [0.4, 0.5) is 4.39 Å². The van der Waals surface area contributed by atoms with Gasteiger partial charge in [0.1, 0.15) is 5.82 Å². The van der Waals surface area contributed by atoms with Gasteiger partial charge in [-0.05, 0) is 42.5 Å². The van der Waals surface area contributed by atoms with Gasteiger partial charge in [-0.1, -0.05) is 12.1 Å². The number of nitrogens with two attached hydrogens (primary N) is 1. The van der Waals surface area contributed by atoms with Crippen LogP contribution in [0.25, 0.3) is 16.4 Å². The van der Waals surface area contributed by atoms with Crippen molar-refractivity contribution in [2.45, 2.75) is 18.9 Å². The van der Waals surface area contributed by atoms with E-state index in [9.17, 15) is 9.18 Å². The Morgan fingerprint density at radius 2 is 2.00 bits per heavy atom. The van der Waals surface area contributed by atoms with Crippen LogP contribution in [0.2, 0.25) is 0 Å². The first-order valence-electron chi connectivity index (χ1n) is 8.43. The highest BCUT2D eigenvalue weighted by atomic mass is 35.5. The third-order valence-corrected chi connectivity index (χ3v) is 5.29. The lowest BCUT2D eigenvalue weighted by molar-refractivity contribution is 0.0702. The minimum Gasteiger partial charge on any atom is -0.336 e. The SMILES string of the molecule is Cl.NC1CCN(C(=O)c2nc(-c3cccs3)n(-c3cccc(F)c3)n2)CC1. The zero-order chi connectivity index (χ0) is 18.1. The molecule has 0 unspecified atom stereocenters. The lowest BCUT2D eigenvalue weighted by Gasteiger charge is -2.29. The summed E-state index contributed by atoms with van der Waals surface area (Å²) >= 11 is 1.49. The monoisotopic (exact) mass is 407 g/mol. The molecule has 1 amide bonds. The van der Waals surface area contributed by atoms with E-state index in [1.165, 1.54) is 28.2 Å². The first kappa shape index (κ1) is 19.5. The molecule has 2 aromatic heterocycles. The van der Waals surface area contributed by atoms with Crippen molar-refractivity contribution >= 4 is 29.7 Å². The van der Waals surface area contributed by atoms with Crippen LogP contribution >= 0.6 is 23.7 Å². The molecule has 0 radical (unpaired) electrons. The number of likely N-dealkylation sites (tertiary alicyclic amines) is 1. The molecule has 0 spiro atoms. The van der Waals surface area contributed by atoms with Gasteiger partial charge in [-0.15, -0.1) is 28.8 Å². The van der Waals surface area contributed by atoms with E-state index in [-0.39, 0.29) is 36.0 Å². The number of hydrogen-bond acceptors (Lipinski definition) is 5. The van der Waals surface area contributed by atoms with Gasteiger partial charge in [0.2, 0.25) is 5.82 Å². The highest BCUT2D eigenvalue weighted by Gasteiger charge is 2.26. The van der Waals surface area contributed by atoms with E-state index in [2.05, 4.69) is 10.1 Å². The summed E-state index contributed by atoms with van der Waals surface area (Å²) in [6, 6.07) is 10.0. The lowest BCUT2D eigenvalue weighted by Crippen LogP contribution is -2.43. The molecule has 0 bridgehead atoms. The number of benzene rings is 1. The summed E-state index contributed by atoms with van der Waals surface area (Å²) in [5.74, 6) is 0.0636. The Morgan fingerprint density at radius 1 is 1.22 bits per heavy atom. The summed E-state index contributed by atoms with van der Waals surface area (Å²) in [6.07, 6.45) is 1.54. The van der Waals surface area contributed by atoms with Crippen LogP contribution in [0.3, 0.4) is 0 Å². The van der Waals surface area contributed by atoms with Crippen molar-refractivity contribution in [1.82, 2.24) is 19.7 Å². The maximum absolute atomic E-state index is 13.7. The molecule has 142 valence electrons. The number of aromatic nitrogens is 3. The predicted molar refractivity (Wildman–Crippen MR) is 105 cm³/mol. The largest absolute Gasteiger partial charge is 0.336 e. The van der Waals surface area contributed by atoms with Crippen LogP contribution < -0.4 is 5.73 Å². The van der Waals surface area contributed by atoms with E-state index in [1.54, 1.807) is 17.0 Å². The smallest absolute Gasteiger partial charge is 0.293 e. The molecule has 0 atom stereocenters. The molecule has 9 heteroatoms. The number of hydrogen-bond donors (Lipinski definition) is 1. The zero-order valence-electron chi connectivity index (χ0n) is 14.4. The Labute approximate surface area is 166 Å². The molecule has 1 aliphatic heterocycles. The second kappa shape index (κ2) is 8.16. The predicted octanol–water partition coefficient (Wildman–Crippen LogP) is 3.12. The summed E-state index contributed by atoms with van der Waals surface area (Å²) in [4.78, 5) is 19.9. The van der Waals surface area contributed by atoms with Gasteiger partial charge in [0.05, 0.1) is 10.6 Å². The Balaban J connectivity index is 0.00000210. The number of piperidine rings is 1. The van der Waals surface area contributed by atoms with Gasteiger partial charge in [-0.3, -0.25) is 4.79 Å². The van der Waals surface area contributed by atoms with Crippen molar-refractivity contribution in [3.63, 3.8) is 0 Å². The second-order valence-corrected chi connectivity index (χ2v) is 7.21. The Kier molecular flexibility index (Phi) is 5.88. The molecule has 6 nitrogen and oxygen atoms in total. The Bertz CT molecular complexity index is 922. The van der Waals surface area contributed by atoms with E-state index in [0.29, 0.717) is 24.6 Å². The van der Waals surface area contributed by atoms with E-state index < -0.39 is 0 Å². The number of amides is 1. The van der Waals surface area contributed by atoms with E-state index in [4.69, 9.17) is 5.73 Å². The highest BCUT2D eigenvalue weighted by Crippen LogP contribution is 2.26. The normalized spacial score (nSPS) is 14.8. The first-order valence-corrected chi connectivity index (χ1v) is 9.31. The molecule has 1 aliphatic rings. The molecule has 3 aromatic rings. The van der Waals surface area contributed by atoms with Crippen LogP contribution in [-0.2, 0) is 0 Å². The summed E-state index contributed by atoms with van der Waals surface area (Å²) in [5, 5.41) is 6.32. The summed E-state index contributed by atoms with van der Waals surface area (Å²) in [5.41, 5.74) is 6.44. The molecule has 0 saturated carbocycles. The average molecular weight is 408 g/mol. The standard InChI is InChI=1S/C18H18FN5OS.ClH/c19-12-3-1-4-14(11-12)24-17(15-5-2-10-26-15)21-16(22-24)18(25)23-8-6-13(20)7-9-23;/h1-5,10-11,13H,6-9,20H2;1H. The maximum atomic E-state index is 13.7. The number of halogens is 2. The highest BCUT2D eigenvalue weighted by molar-refractivity contribution is 7.13. The van der Waals surface area contributed by atoms with Crippen molar-refractivity contribution in [3.05, 3.63) is 53.4 Å². The minimum absolute atomic E-state index is 0. The van der Waals surface area contributed by atoms with Gasteiger partial charge in [-0.2, -0.15) is 0 Å². The van der Waals surface area contributed by atoms with E-state index in [0.717, 1.165) is 17.7 Å². The molecule has 2 N–H and O–H groups in total. The quantitative estimate of drug-likeness (QED) is 0.723. The average Bonchev–Trinajstić information content (AvgIpc) is 3.31. The van der Waals surface area contributed by atoms with Gasteiger partial charge in [-0.25, -0.2) is 14.1 Å². The first-order chi connectivity index (χ1) is 12.6. The van der Waals surface area contributed by atoms with Gasteiger partial charge >= 0.3 is 0 Å². The number of thiophene rings is 1. The van der Waals surface area contributed by atoms with Crippen LogP contribution in [0.5, 0.6) is 0 Å². The topological polar surface area (TPSA) is 77.0 Å². The van der Waals surface area contributed by atoms with Crippen molar-refractivity contribution < 1.29 is 9.18 Å². The number of carbonyl (C=O) groups excluding carboxylic acids is 1. The molecule has 27 heavy (non-hydrogen) atoms. The number of rotatable bonds is 3. The van der Waals surface area contributed by atoms with Gasteiger partial charge in [0.15, 0.2) is 5.82 Å². The fourth-order valence-electron chi connectivity index (χ4n) is 3.00. The van der Waals surface area contributed by atoms with E-state index >= 15 is 0 Å². The lowest BCUT2D eigenvalue weighted by atomic mass is 10.1. The summed E-state index contributed by atoms with van der Waals surface area (Å²) < 4.78 is 15.2. The molecule has 1 saturated heterocycles. The van der Waals surface area contributed by atoms with Crippen LogP contribution in [0.15, 0.2) is 41.8 Å². The Hall–Kier alpha value is -2.29. The Morgan fingerprint density at radius 3 is 2.67 bits per heavy atom. The van der Waals surface area contributed by atoms with Gasteiger partial charge in [0, 0.05) is 19.1 Å². The van der Waals surface area contributed by atoms with Crippen molar-refractivity contribution in [2.75, 3.05) is 13.1 Å². The molecular weight excluding hydrogens is 389 g/mol. The molecular formula is C18H19ClFN5OS. The fraction of sp³-hybridized carbons (Fsp3) is 0.278. The number of nitrogens with zero attached hydrogens (tertiary/aromatic N) is 4. The molecule has 1 fully saturated rings. The number of carbonyl (C=O) groups is 1. The molecule has 0 aliphatic carbocycles. The maximum Gasteiger partial charge on any atom is 0.293 e.